The van der Waals surface area contributed by atoms with Crippen molar-refractivity contribution in [3.63, 3.8) is 0 Å². The van der Waals surface area contributed by atoms with E-state index in [1.807, 2.05) is 23.1 Å². The number of amides is 2. The van der Waals surface area contributed by atoms with Crippen molar-refractivity contribution in [1.82, 2.24) is 15.2 Å². The van der Waals surface area contributed by atoms with Gasteiger partial charge in [0.25, 0.3) is 11.8 Å². The topological polar surface area (TPSA) is 93.9 Å². The van der Waals surface area contributed by atoms with Gasteiger partial charge in [0.1, 0.15) is 17.0 Å². The van der Waals surface area contributed by atoms with Crippen LogP contribution in [0.15, 0.2) is 52.9 Å². The lowest BCUT2D eigenvalue weighted by molar-refractivity contribution is -0.135. The second-order valence-corrected chi connectivity index (χ2v) is 8.35. The van der Waals surface area contributed by atoms with Gasteiger partial charge >= 0.3 is 5.91 Å². The Morgan fingerprint density at radius 2 is 1.75 bits per heavy atom. The van der Waals surface area contributed by atoms with Crippen molar-refractivity contribution in [1.29, 1.82) is 0 Å². The van der Waals surface area contributed by atoms with Gasteiger partial charge in [0.05, 0.1) is 7.11 Å². The minimum Gasteiger partial charge on any atom is -0.497 e. The fourth-order valence-corrected chi connectivity index (χ4v) is 4.75. The Morgan fingerprint density at radius 3 is 2.44 bits per heavy atom. The van der Waals surface area contributed by atoms with Crippen LogP contribution in [0.1, 0.15) is 23.5 Å². The van der Waals surface area contributed by atoms with Gasteiger partial charge in [0, 0.05) is 19.1 Å². The summed E-state index contributed by atoms with van der Waals surface area (Å²) in [7, 11) is 1.60. The number of nitrogens with zero attached hydrogens (tertiary/aromatic N) is 2. The van der Waals surface area contributed by atoms with E-state index in [1.165, 1.54) is 0 Å². The van der Waals surface area contributed by atoms with Crippen molar-refractivity contribution in [3.05, 3.63) is 54.4 Å². The highest BCUT2D eigenvalue weighted by Crippen LogP contribution is 2.37. The average Bonchev–Trinajstić information content (AvgIpc) is 3.34. The lowest BCUT2D eigenvalue weighted by Gasteiger charge is -2.38. The van der Waals surface area contributed by atoms with Crippen molar-refractivity contribution < 1.29 is 23.5 Å². The predicted molar refractivity (Wildman–Crippen MR) is 117 cm³/mol. The number of rotatable bonds is 6. The number of nitrogens with one attached hydrogen (secondary N) is 1. The molecule has 1 aliphatic heterocycles. The fraction of sp³-hybridized carbons (Fsp3) is 0.375. The van der Waals surface area contributed by atoms with Crippen LogP contribution in [-0.2, 0) is 4.79 Å². The van der Waals surface area contributed by atoms with Crippen LogP contribution in [0.5, 0.6) is 11.5 Å². The second kappa shape index (κ2) is 8.53. The summed E-state index contributed by atoms with van der Waals surface area (Å²) < 4.78 is 16.4. The smallest absolute Gasteiger partial charge is 0.307 e. The lowest BCUT2D eigenvalue weighted by Crippen LogP contribution is -2.54. The molecule has 1 unspecified atom stereocenters. The first-order chi connectivity index (χ1) is 15.6. The monoisotopic (exact) mass is 435 g/mol. The van der Waals surface area contributed by atoms with E-state index in [-0.39, 0.29) is 42.2 Å². The number of carbonyl (C=O) groups is 2. The quantitative estimate of drug-likeness (QED) is 0.640. The first-order valence-electron chi connectivity index (χ1n) is 10.8. The maximum absolute atomic E-state index is 12.7. The van der Waals surface area contributed by atoms with Crippen LogP contribution in [0.25, 0.3) is 11.1 Å². The van der Waals surface area contributed by atoms with Crippen LogP contribution in [0.2, 0.25) is 0 Å². The summed E-state index contributed by atoms with van der Waals surface area (Å²) in [6, 6.07) is 14.5. The van der Waals surface area contributed by atoms with Crippen molar-refractivity contribution in [2.75, 3.05) is 26.8 Å². The molecule has 3 atom stereocenters. The Morgan fingerprint density at radius 1 is 1.06 bits per heavy atom. The largest absolute Gasteiger partial charge is 0.497 e. The van der Waals surface area contributed by atoms with Gasteiger partial charge in [0.2, 0.25) is 0 Å². The van der Waals surface area contributed by atoms with Gasteiger partial charge in [-0.05, 0) is 61.1 Å². The highest BCUT2D eigenvalue weighted by atomic mass is 16.5. The van der Waals surface area contributed by atoms with Crippen LogP contribution in [0.3, 0.4) is 0 Å². The minimum absolute atomic E-state index is 0.00823. The Labute approximate surface area is 185 Å². The number of benzene rings is 2. The number of aromatic nitrogens is 1. The molecule has 2 bridgehead atoms. The third-order valence-corrected chi connectivity index (χ3v) is 6.39. The molecule has 1 saturated carbocycles. The van der Waals surface area contributed by atoms with E-state index in [1.54, 1.807) is 37.4 Å². The van der Waals surface area contributed by atoms with Crippen LogP contribution in [-0.4, -0.2) is 54.5 Å². The van der Waals surface area contributed by atoms with Crippen LogP contribution >= 0.6 is 0 Å². The Kier molecular flexibility index (Phi) is 5.43. The number of fused-ring (bicyclic) bond motifs is 3. The summed E-state index contributed by atoms with van der Waals surface area (Å²) in [4.78, 5) is 31.6. The number of para-hydroxylation sites is 2. The molecule has 8 nitrogen and oxygen atoms in total. The molecule has 3 aromatic rings. The normalized spacial score (nSPS) is 22.0. The van der Waals surface area contributed by atoms with E-state index in [9.17, 15) is 9.59 Å². The van der Waals surface area contributed by atoms with E-state index in [4.69, 9.17) is 13.9 Å². The Hall–Kier alpha value is -3.55. The zero-order chi connectivity index (χ0) is 22.1. The fourth-order valence-electron chi connectivity index (χ4n) is 4.75. The number of piperidine rings is 1. The molecule has 2 amide bonds. The van der Waals surface area contributed by atoms with Crippen molar-refractivity contribution in [2.45, 2.75) is 18.9 Å². The number of likely N-dealkylation sites (tertiary alicyclic amines) is 1. The summed E-state index contributed by atoms with van der Waals surface area (Å²) in [6.07, 6.45) is 1.96. The molecule has 1 N–H and O–H groups in total. The first-order valence-corrected chi connectivity index (χ1v) is 10.8. The van der Waals surface area contributed by atoms with E-state index in [2.05, 4.69) is 10.3 Å². The maximum Gasteiger partial charge on any atom is 0.307 e. The van der Waals surface area contributed by atoms with E-state index >= 15 is 0 Å². The lowest BCUT2D eigenvalue weighted by atomic mass is 9.92. The van der Waals surface area contributed by atoms with Crippen LogP contribution in [0.4, 0.5) is 0 Å². The standard InChI is InChI=1S/C24H25N3O5/c1-30-17-8-10-18(11-9-17)31-14-21(28)27-12-15-6-7-16(13-27)22(15)26-23(29)24-25-19-4-2-3-5-20(19)32-24/h2-5,8-11,15-16,22H,6-7,12-14H2,1H3,(H,26,29)/t15-,16+,22?. The molecule has 0 spiro atoms. The van der Waals surface area contributed by atoms with Gasteiger partial charge in [-0.1, -0.05) is 12.1 Å². The SMILES string of the molecule is COc1ccc(OCC(=O)N2C[C@H]3CC[C@@H](C2)C3NC(=O)c2nc3ccccc3o2)cc1. The molecular weight excluding hydrogens is 410 g/mol. The molecule has 2 aliphatic rings. The van der Waals surface area contributed by atoms with Gasteiger partial charge in [-0.15, -0.1) is 0 Å². The Bertz CT molecular complexity index is 1080. The molecule has 166 valence electrons. The highest BCUT2D eigenvalue weighted by Gasteiger charge is 2.44. The Balaban J connectivity index is 1.17. The van der Waals surface area contributed by atoms with Gasteiger partial charge in [0.15, 0.2) is 12.2 Å². The van der Waals surface area contributed by atoms with Crippen molar-refractivity contribution >= 4 is 22.9 Å². The summed E-state index contributed by atoms with van der Waals surface area (Å²) in [5.74, 6) is 1.54. The molecule has 2 aromatic carbocycles. The molecule has 1 aliphatic carbocycles. The molecule has 2 heterocycles. The molecule has 32 heavy (non-hydrogen) atoms. The van der Waals surface area contributed by atoms with Crippen LogP contribution < -0.4 is 14.8 Å². The predicted octanol–water partition coefficient (Wildman–Crippen LogP) is 2.88. The zero-order valence-corrected chi connectivity index (χ0v) is 17.8. The van der Waals surface area contributed by atoms with Crippen LogP contribution in [0, 0.1) is 11.8 Å². The maximum atomic E-state index is 12.7. The van der Waals surface area contributed by atoms with Crippen molar-refractivity contribution in [3.8, 4) is 11.5 Å². The van der Waals surface area contributed by atoms with Gasteiger partial charge in [-0.2, -0.15) is 0 Å². The number of carbonyl (C=O) groups excluding carboxylic acids is 2. The minimum atomic E-state index is -0.300. The molecule has 0 radical (unpaired) electrons. The third kappa shape index (κ3) is 4.00. The van der Waals surface area contributed by atoms with E-state index < -0.39 is 0 Å². The first kappa shape index (κ1) is 20.4. The van der Waals surface area contributed by atoms with Gasteiger partial charge in [-0.25, -0.2) is 4.98 Å². The van der Waals surface area contributed by atoms with Gasteiger partial charge < -0.3 is 24.1 Å². The summed E-state index contributed by atoms with van der Waals surface area (Å²) in [5, 5.41) is 3.11. The molecule has 1 saturated heterocycles. The van der Waals surface area contributed by atoms with Gasteiger partial charge in [-0.3, -0.25) is 9.59 Å². The zero-order valence-electron chi connectivity index (χ0n) is 17.8. The molecule has 1 aromatic heterocycles. The summed E-state index contributed by atoms with van der Waals surface area (Å²) >= 11 is 0. The third-order valence-electron chi connectivity index (χ3n) is 6.39. The molecule has 2 fully saturated rings. The molecule has 5 rings (SSSR count). The number of hydrogen-bond donors (Lipinski definition) is 1. The van der Waals surface area contributed by atoms with E-state index in [0.29, 0.717) is 29.9 Å². The second-order valence-electron chi connectivity index (χ2n) is 8.35. The number of oxazole rings is 1. The summed E-state index contributed by atoms with van der Waals surface area (Å²) in [6.45, 7) is 1.21. The molecular formula is C24H25N3O5. The number of hydrogen-bond acceptors (Lipinski definition) is 6. The van der Waals surface area contributed by atoms with Crippen molar-refractivity contribution in [2.24, 2.45) is 11.8 Å². The van der Waals surface area contributed by atoms with E-state index in [0.717, 1.165) is 18.6 Å². The molecule has 8 heteroatoms. The number of ether oxygens (including phenoxy) is 2. The average molecular weight is 435 g/mol. The summed E-state index contributed by atoms with van der Waals surface area (Å²) in [5.41, 5.74) is 1.26. The highest BCUT2D eigenvalue weighted by molar-refractivity contribution is 5.92. The number of methoxy groups -OCH3 is 1.